The van der Waals surface area contributed by atoms with E-state index in [0.717, 1.165) is 23.3 Å². The first-order valence-corrected chi connectivity index (χ1v) is 8.88. The lowest BCUT2D eigenvalue weighted by molar-refractivity contribution is -0.118. The molecule has 0 aliphatic heterocycles. The van der Waals surface area contributed by atoms with Crippen LogP contribution >= 0.6 is 0 Å². The smallest absolute Gasteiger partial charge is 0.262 e. The van der Waals surface area contributed by atoms with E-state index in [1.165, 1.54) is 0 Å². The zero-order valence-corrected chi connectivity index (χ0v) is 15.7. The van der Waals surface area contributed by atoms with Crippen LogP contribution in [0.2, 0.25) is 0 Å². The van der Waals surface area contributed by atoms with Crippen LogP contribution in [0.3, 0.4) is 0 Å². The standard InChI is InChI=1S/C22H27NO3/c1-5-17(4)20-11-6-7-12-21(20)26-15-22(24)23-18-9-8-10-19(13-18)25-14-16(2)3/h6-13,17H,2,5,14-15H2,1,3-4H3,(H,23,24). The highest BCUT2D eigenvalue weighted by atomic mass is 16.5. The molecule has 0 aliphatic rings. The molecule has 0 aliphatic carbocycles. The molecule has 0 radical (unpaired) electrons. The van der Waals surface area contributed by atoms with Crippen LogP contribution < -0.4 is 14.8 Å². The molecule has 0 fully saturated rings. The average molecular weight is 353 g/mol. The summed E-state index contributed by atoms with van der Waals surface area (Å²) in [7, 11) is 0. The van der Waals surface area contributed by atoms with Gasteiger partial charge in [0.25, 0.3) is 5.91 Å². The van der Waals surface area contributed by atoms with Crippen LogP contribution in [0.15, 0.2) is 60.7 Å². The largest absolute Gasteiger partial charge is 0.489 e. The van der Waals surface area contributed by atoms with Gasteiger partial charge in [-0.15, -0.1) is 0 Å². The van der Waals surface area contributed by atoms with Crippen molar-refractivity contribution in [1.82, 2.24) is 0 Å². The molecule has 4 heteroatoms. The summed E-state index contributed by atoms with van der Waals surface area (Å²) in [4.78, 5) is 12.2. The molecule has 1 atom stereocenters. The van der Waals surface area contributed by atoms with E-state index in [-0.39, 0.29) is 12.5 Å². The van der Waals surface area contributed by atoms with Crippen molar-refractivity contribution >= 4 is 11.6 Å². The number of carbonyl (C=O) groups excluding carboxylic acids is 1. The van der Waals surface area contributed by atoms with E-state index in [0.29, 0.717) is 24.0 Å². The molecule has 1 unspecified atom stereocenters. The van der Waals surface area contributed by atoms with Gasteiger partial charge in [-0.1, -0.05) is 44.7 Å². The van der Waals surface area contributed by atoms with E-state index in [2.05, 4.69) is 25.7 Å². The van der Waals surface area contributed by atoms with Crippen molar-refractivity contribution < 1.29 is 14.3 Å². The number of nitrogens with one attached hydrogen (secondary N) is 1. The Balaban J connectivity index is 1.94. The Labute approximate surface area is 155 Å². The van der Waals surface area contributed by atoms with Crippen molar-refractivity contribution in [3.05, 3.63) is 66.2 Å². The Morgan fingerprint density at radius 1 is 1.12 bits per heavy atom. The molecule has 4 nitrogen and oxygen atoms in total. The minimum Gasteiger partial charge on any atom is -0.489 e. The lowest BCUT2D eigenvalue weighted by Crippen LogP contribution is -2.20. The monoisotopic (exact) mass is 353 g/mol. The van der Waals surface area contributed by atoms with Crippen LogP contribution in [0.5, 0.6) is 11.5 Å². The number of ether oxygens (including phenoxy) is 2. The topological polar surface area (TPSA) is 47.6 Å². The molecule has 0 bridgehead atoms. The summed E-state index contributed by atoms with van der Waals surface area (Å²) in [6.07, 6.45) is 1.02. The Kier molecular flexibility index (Phi) is 7.27. The molecule has 26 heavy (non-hydrogen) atoms. The Bertz CT molecular complexity index is 755. The molecular weight excluding hydrogens is 326 g/mol. The highest BCUT2D eigenvalue weighted by Gasteiger charge is 2.11. The highest BCUT2D eigenvalue weighted by Crippen LogP contribution is 2.28. The van der Waals surface area contributed by atoms with Gasteiger partial charge in [-0.3, -0.25) is 4.79 Å². The minimum atomic E-state index is -0.207. The van der Waals surface area contributed by atoms with Crippen molar-refractivity contribution in [2.75, 3.05) is 18.5 Å². The van der Waals surface area contributed by atoms with Crippen molar-refractivity contribution in [2.45, 2.75) is 33.1 Å². The van der Waals surface area contributed by atoms with E-state index >= 15 is 0 Å². The van der Waals surface area contributed by atoms with Gasteiger partial charge in [-0.2, -0.15) is 0 Å². The van der Waals surface area contributed by atoms with E-state index in [4.69, 9.17) is 9.47 Å². The summed E-state index contributed by atoms with van der Waals surface area (Å²) in [5.41, 5.74) is 2.74. The third kappa shape index (κ3) is 5.96. The molecular formula is C22H27NO3. The van der Waals surface area contributed by atoms with E-state index in [1.807, 2.05) is 49.4 Å². The van der Waals surface area contributed by atoms with Gasteiger partial charge in [0.2, 0.25) is 0 Å². The summed E-state index contributed by atoms with van der Waals surface area (Å²) in [6, 6.07) is 15.1. The second-order valence-electron chi connectivity index (χ2n) is 6.46. The molecule has 2 aromatic rings. The molecule has 2 rings (SSSR count). The number of para-hydroxylation sites is 1. The number of hydrogen-bond donors (Lipinski definition) is 1. The maximum atomic E-state index is 12.2. The summed E-state index contributed by atoms with van der Waals surface area (Å²) in [6.45, 7) is 10.4. The first-order chi connectivity index (χ1) is 12.5. The number of rotatable bonds is 9. The fourth-order valence-electron chi connectivity index (χ4n) is 2.45. The van der Waals surface area contributed by atoms with Gasteiger partial charge in [0.05, 0.1) is 0 Å². The fourth-order valence-corrected chi connectivity index (χ4v) is 2.45. The van der Waals surface area contributed by atoms with Crippen molar-refractivity contribution in [3.63, 3.8) is 0 Å². The Morgan fingerprint density at radius 2 is 1.88 bits per heavy atom. The number of hydrogen-bond acceptors (Lipinski definition) is 3. The van der Waals surface area contributed by atoms with Crippen molar-refractivity contribution in [3.8, 4) is 11.5 Å². The zero-order valence-electron chi connectivity index (χ0n) is 15.7. The lowest BCUT2D eigenvalue weighted by atomic mass is 9.98. The van der Waals surface area contributed by atoms with Crippen LogP contribution in [0, 0.1) is 0 Å². The first kappa shape index (κ1) is 19.6. The molecule has 0 aromatic heterocycles. The van der Waals surface area contributed by atoms with E-state index < -0.39 is 0 Å². The van der Waals surface area contributed by atoms with Crippen molar-refractivity contribution in [1.29, 1.82) is 0 Å². The molecule has 0 heterocycles. The average Bonchev–Trinajstić information content (AvgIpc) is 2.64. The van der Waals surface area contributed by atoms with Gasteiger partial charge >= 0.3 is 0 Å². The molecule has 138 valence electrons. The number of carbonyl (C=O) groups is 1. The van der Waals surface area contributed by atoms with Crippen LogP contribution in [0.1, 0.15) is 38.7 Å². The second kappa shape index (κ2) is 9.66. The number of benzene rings is 2. The summed E-state index contributed by atoms with van der Waals surface area (Å²) in [5.74, 6) is 1.63. The predicted octanol–water partition coefficient (Wildman–Crippen LogP) is 5.17. The van der Waals surface area contributed by atoms with Gasteiger partial charge in [-0.05, 0) is 48.6 Å². The van der Waals surface area contributed by atoms with Crippen LogP contribution in [-0.2, 0) is 4.79 Å². The Morgan fingerprint density at radius 3 is 2.62 bits per heavy atom. The maximum Gasteiger partial charge on any atom is 0.262 e. The SMILES string of the molecule is C=C(C)COc1cccc(NC(=O)COc2ccccc2C(C)CC)c1. The molecule has 0 saturated heterocycles. The fraction of sp³-hybridized carbons (Fsp3) is 0.318. The lowest BCUT2D eigenvalue weighted by Gasteiger charge is -2.15. The first-order valence-electron chi connectivity index (χ1n) is 8.88. The maximum absolute atomic E-state index is 12.2. The summed E-state index contributed by atoms with van der Waals surface area (Å²) < 4.78 is 11.3. The van der Waals surface area contributed by atoms with Crippen LogP contribution in [-0.4, -0.2) is 19.1 Å². The third-order valence-electron chi connectivity index (χ3n) is 4.02. The summed E-state index contributed by atoms with van der Waals surface area (Å²) in [5, 5.41) is 2.84. The molecule has 1 amide bonds. The second-order valence-corrected chi connectivity index (χ2v) is 6.46. The number of anilines is 1. The van der Waals surface area contributed by atoms with Crippen molar-refractivity contribution in [2.24, 2.45) is 0 Å². The van der Waals surface area contributed by atoms with Gasteiger partial charge < -0.3 is 14.8 Å². The quantitative estimate of drug-likeness (QED) is 0.633. The summed E-state index contributed by atoms with van der Waals surface area (Å²) >= 11 is 0. The molecule has 0 spiro atoms. The van der Waals surface area contributed by atoms with Crippen LogP contribution in [0.25, 0.3) is 0 Å². The van der Waals surface area contributed by atoms with E-state index in [9.17, 15) is 4.79 Å². The molecule has 2 aromatic carbocycles. The van der Waals surface area contributed by atoms with E-state index in [1.54, 1.807) is 6.07 Å². The van der Waals surface area contributed by atoms with Gasteiger partial charge in [0.1, 0.15) is 18.1 Å². The van der Waals surface area contributed by atoms with Crippen LogP contribution in [0.4, 0.5) is 5.69 Å². The Hall–Kier alpha value is -2.75. The predicted molar refractivity (Wildman–Crippen MR) is 106 cm³/mol. The minimum absolute atomic E-state index is 0.0374. The van der Waals surface area contributed by atoms with Gasteiger partial charge in [-0.25, -0.2) is 0 Å². The number of amides is 1. The van der Waals surface area contributed by atoms with Gasteiger partial charge in [0.15, 0.2) is 6.61 Å². The normalized spacial score (nSPS) is 11.5. The van der Waals surface area contributed by atoms with Gasteiger partial charge in [0, 0.05) is 11.8 Å². The highest BCUT2D eigenvalue weighted by molar-refractivity contribution is 5.92. The third-order valence-corrected chi connectivity index (χ3v) is 4.02. The molecule has 0 saturated carbocycles. The molecule has 1 N–H and O–H groups in total. The zero-order chi connectivity index (χ0) is 18.9.